The molecule has 0 spiro atoms. The second-order valence-electron chi connectivity index (χ2n) is 13.6. The number of benzene rings is 1. The van der Waals surface area contributed by atoms with E-state index in [-0.39, 0.29) is 51.5 Å². The predicted molar refractivity (Wildman–Crippen MR) is 170 cm³/mol. The molecule has 3 fully saturated rings. The maximum absolute atomic E-state index is 13.2. The van der Waals surface area contributed by atoms with Crippen molar-refractivity contribution in [2.24, 2.45) is 5.92 Å². The Balaban J connectivity index is 1.09. The Labute approximate surface area is 275 Å². The number of hydrogen-bond donors (Lipinski definition) is 3. The average molecular weight is 655 g/mol. The number of carbonyl (C=O) groups is 4. The molecular weight excluding hydrogens is 608 g/mol. The number of allylic oxidation sites excluding steroid dienone is 1. The fourth-order valence-electron chi connectivity index (χ4n) is 6.15. The molecule has 47 heavy (non-hydrogen) atoms. The van der Waals surface area contributed by atoms with E-state index in [1.807, 2.05) is 18.2 Å². The Kier molecular flexibility index (Phi) is 11.5. The molecule has 7 unspecified atom stereocenters. The molecule has 1 aromatic carbocycles. The van der Waals surface area contributed by atoms with Gasteiger partial charge in [0.15, 0.2) is 0 Å². The third kappa shape index (κ3) is 10.2. The van der Waals surface area contributed by atoms with Gasteiger partial charge in [-0.05, 0) is 76.1 Å². The summed E-state index contributed by atoms with van der Waals surface area (Å²) in [6.07, 6.45) is 8.49. The van der Waals surface area contributed by atoms with Gasteiger partial charge in [-0.3, -0.25) is 14.4 Å². The lowest BCUT2D eigenvalue weighted by molar-refractivity contribution is -0.155. The van der Waals surface area contributed by atoms with Crippen molar-refractivity contribution in [3.05, 3.63) is 53.1 Å². The SMILES string of the molecule is CC(C)(C)OC(=O)CCC(CO)NC(=O)CCNC(=O)C1=CC2OCOC2C(OC(=O)c2cccc(C=CC3CCC4OC4C3)c2)C1. The Morgan fingerprint density at radius 2 is 1.94 bits per heavy atom. The van der Waals surface area contributed by atoms with Crippen LogP contribution in [0.25, 0.3) is 6.08 Å². The van der Waals surface area contributed by atoms with E-state index >= 15 is 0 Å². The average Bonchev–Trinajstić information content (AvgIpc) is 3.65. The number of epoxide rings is 1. The van der Waals surface area contributed by atoms with Gasteiger partial charge in [0, 0.05) is 31.4 Å². The van der Waals surface area contributed by atoms with E-state index in [1.165, 1.54) is 0 Å². The summed E-state index contributed by atoms with van der Waals surface area (Å²) in [6.45, 7) is 5.02. The number of nitrogens with one attached hydrogen (secondary N) is 2. The van der Waals surface area contributed by atoms with E-state index in [4.69, 9.17) is 23.7 Å². The molecule has 4 aliphatic rings. The van der Waals surface area contributed by atoms with Gasteiger partial charge in [0.1, 0.15) is 30.7 Å². The first kappa shape index (κ1) is 34.7. The molecule has 1 saturated carbocycles. The topological polar surface area (TPSA) is 162 Å². The minimum Gasteiger partial charge on any atom is -0.460 e. The van der Waals surface area contributed by atoms with Crippen molar-refractivity contribution >= 4 is 29.8 Å². The van der Waals surface area contributed by atoms with Crippen molar-refractivity contribution in [3.63, 3.8) is 0 Å². The number of ether oxygens (including phenoxy) is 5. The molecule has 3 N–H and O–H groups in total. The minimum atomic E-state index is -0.743. The van der Waals surface area contributed by atoms with Gasteiger partial charge in [0.05, 0.1) is 30.4 Å². The zero-order valence-electron chi connectivity index (χ0n) is 27.3. The molecule has 0 aromatic heterocycles. The largest absolute Gasteiger partial charge is 0.460 e. The molecule has 12 nitrogen and oxygen atoms in total. The van der Waals surface area contributed by atoms with Gasteiger partial charge in [-0.25, -0.2) is 4.79 Å². The van der Waals surface area contributed by atoms with Crippen LogP contribution in [0.1, 0.15) is 81.6 Å². The lowest BCUT2D eigenvalue weighted by Crippen LogP contribution is -2.44. The van der Waals surface area contributed by atoms with Crippen LogP contribution < -0.4 is 10.6 Å². The molecule has 2 saturated heterocycles. The maximum atomic E-state index is 13.2. The number of fused-ring (bicyclic) bond motifs is 2. The molecule has 0 bridgehead atoms. The molecule has 0 radical (unpaired) electrons. The molecule has 2 amide bonds. The van der Waals surface area contributed by atoms with E-state index in [0.29, 0.717) is 29.3 Å². The highest BCUT2D eigenvalue weighted by atomic mass is 16.7. The summed E-state index contributed by atoms with van der Waals surface area (Å²) in [4.78, 5) is 50.7. The summed E-state index contributed by atoms with van der Waals surface area (Å²) in [7, 11) is 0. The van der Waals surface area contributed by atoms with E-state index < -0.39 is 47.8 Å². The van der Waals surface area contributed by atoms with Crippen molar-refractivity contribution in [1.29, 1.82) is 0 Å². The zero-order valence-corrected chi connectivity index (χ0v) is 27.3. The summed E-state index contributed by atoms with van der Waals surface area (Å²) in [5, 5.41) is 15.0. The van der Waals surface area contributed by atoms with Gasteiger partial charge in [0.2, 0.25) is 11.8 Å². The first-order valence-electron chi connectivity index (χ1n) is 16.5. The molecule has 7 atom stereocenters. The molecule has 2 heterocycles. The number of esters is 2. The lowest BCUT2D eigenvalue weighted by atomic mass is 9.88. The number of rotatable bonds is 13. The normalized spacial score (nSPS) is 27.2. The summed E-state index contributed by atoms with van der Waals surface area (Å²) in [6, 6.07) is 6.62. The van der Waals surface area contributed by atoms with Crippen molar-refractivity contribution in [1.82, 2.24) is 10.6 Å². The highest BCUT2D eigenvalue weighted by Crippen LogP contribution is 2.40. The monoisotopic (exact) mass is 654 g/mol. The third-order valence-electron chi connectivity index (χ3n) is 8.62. The second-order valence-corrected chi connectivity index (χ2v) is 13.6. The van der Waals surface area contributed by atoms with Crippen LogP contribution in [-0.2, 0) is 38.1 Å². The van der Waals surface area contributed by atoms with Crippen molar-refractivity contribution in [3.8, 4) is 0 Å². The fourth-order valence-corrected chi connectivity index (χ4v) is 6.15. The summed E-state index contributed by atoms with van der Waals surface area (Å²) in [5.74, 6) is -1.26. The first-order valence-corrected chi connectivity index (χ1v) is 16.5. The second kappa shape index (κ2) is 15.5. The molecule has 5 rings (SSSR count). The summed E-state index contributed by atoms with van der Waals surface area (Å²) in [5.41, 5.74) is 1.05. The van der Waals surface area contributed by atoms with Crippen LogP contribution in [0.4, 0.5) is 0 Å². The van der Waals surface area contributed by atoms with Gasteiger partial charge in [-0.2, -0.15) is 0 Å². The number of aliphatic hydroxyl groups is 1. The number of carbonyl (C=O) groups excluding carboxylic acids is 4. The molecular formula is C35H46N2O10. The van der Waals surface area contributed by atoms with E-state index in [0.717, 1.165) is 24.8 Å². The van der Waals surface area contributed by atoms with Crippen molar-refractivity contribution < 1.29 is 48.0 Å². The van der Waals surface area contributed by atoms with Gasteiger partial charge < -0.3 is 39.4 Å². The summed E-state index contributed by atoms with van der Waals surface area (Å²) >= 11 is 0. The molecule has 1 aromatic rings. The fraction of sp³-hybridized carbons (Fsp3) is 0.600. The van der Waals surface area contributed by atoms with Crippen LogP contribution in [0.2, 0.25) is 0 Å². The van der Waals surface area contributed by atoms with Crippen molar-refractivity contribution in [2.75, 3.05) is 19.9 Å². The Hall–Kier alpha value is -3.58. The number of aliphatic hydroxyl groups excluding tert-OH is 1. The number of amides is 2. The van der Waals surface area contributed by atoms with Crippen LogP contribution in [-0.4, -0.2) is 91.0 Å². The van der Waals surface area contributed by atoms with Crippen LogP contribution in [0, 0.1) is 5.92 Å². The Morgan fingerprint density at radius 1 is 1.11 bits per heavy atom. The Bertz CT molecular complexity index is 1370. The van der Waals surface area contributed by atoms with Gasteiger partial charge >= 0.3 is 11.9 Å². The lowest BCUT2D eigenvalue weighted by Gasteiger charge is -2.30. The molecule has 12 heteroatoms. The standard InChI is InChI=1S/C35H46N2O10/c1-35(2,3)47-31(40)12-10-25(19-38)37-30(39)13-14-36-33(41)24-17-28-32(44-20-43-28)29(18-24)46-34(42)23-6-4-5-21(15-23)7-8-22-9-11-26-27(16-22)45-26/h4-8,15,17,22,25-29,32,38H,9-14,16,18-20H2,1-3H3,(H,36,41)(H,37,39). The highest BCUT2D eigenvalue weighted by Gasteiger charge is 2.44. The van der Waals surface area contributed by atoms with E-state index in [1.54, 1.807) is 39.0 Å². The molecule has 2 aliphatic heterocycles. The van der Waals surface area contributed by atoms with Gasteiger partial charge in [-0.15, -0.1) is 0 Å². The van der Waals surface area contributed by atoms with Crippen LogP contribution >= 0.6 is 0 Å². The smallest absolute Gasteiger partial charge is 0.338 e. The van der Waals surface area contributed by atoms with Gasteiger partial charge in [-0.1, -0.05) is 24.3 Å². The maximum Gasteiger partial charge on any atom is 0.338 e. The Morgan fingerprint density at radius 3 is 2.70 bits per heavy atom. The van der Waals surface area contributed by atoms with Crippen molar-refractivity contribution in [2.45, 2.75) is 108 Å². The quantitative estimate of drug-likeness (QED) is 0.213. The van der Waals surface area contributed by atoms with Gasteiger partial charge in [0.25, 0.3) is 0 Å². The summed E-state index contributed by atoms with van der Waals surface area (Å²) < 4.78 is 28.1. The van der Waals surface area contributed by atoms with Crippen LogP contribution in [0.5, 0.6) is 0 Å². The van der Waals surface area contributed by atoms with E-state index in [2.05, 4.69) is 16.7 Å². The van der Waals surface area contributed by atoms with E-state index in [9.17, 15) is 24.3 Å². The highest BCUT2D eigenvalue weighted by molar-refractivity contribution is 5.94. The minimum absolute atomic E-state index is 0.0169. The molecule has 256 valence electrons. The van der Waals surface area contributed by atoms with Crippen LogP contribution in [0.15, 0.2) is 42.0 Å². The third-order valence-corrected chi connectivity index (χ3v) is 8.62. The number of hydrogen-bond acceptors (Lipinski definition) is 10. The predicted octanol–water partition coefficient (Wildman–Crippen LogP) is 2.97. The zero-order chi connectivity index (χ0) is 33.6. The first-order chi connectivity index (χ1) is 22.5. The van der Waals surface area contributed by atoms with Crippen LogP contribution in [0.3, 0.4) is 0 Å². The molecule has 2 aliphatic carbocycles.